The summed E-state index contributed by atoms with van der Waals surface area (Å²) >= 11 is 3.13. The molecule has 0 fully saturated rings. The van der Waals surface area contributed by atoms with Gasteiger partial charge in [0.2, 0.25) is 0 Å². The monoisotopic (exact) mass is 359 g/mol. The average Bonchev–Trinajstić information content (AvgIpc) is 2.40. The van der Waals surface area contributed by atoms with Crippen LogP contribution < -0.4 is 5.73 Å². The number of aliphatic hydroxyl groups is 1. The fourth-order valence-corrected chi connectivity index (χ4v) is 2.69. The number of hydrogen-bond donors (Lipinski definition) is 2. The van der Waals surface area contributed by atoms with E-state index in [-0.39, 0.29) is 17.7 Å². The third kappa shape index (κ3) is 3.64. The van der Waals surface area contributed by atoms with Gasteiger partial charge in [0.1, 0.15) is 17.5 Å². The Morgan fingerprint density at radius 3 is 2.33 bits per heavy atom. The highest BCUT2D eigenvalue weighted by Crippen LogP contribution is 2.33. The molecular formula is C15H13BrF3NO. The molecule has 0 aliphatic heterocycles. The van der Waals surface area contributed by atoms with Crippen molar-refractivity contribution in [2.75, 3.05) is 6.54 Å². The minimum absolute atomic E-state index is 0.0716. The summed E-state index contributed by atoms with van der Waals surface area (Å²) in [7, 11) is 0. The lowest BCUT2D eigenvalue weighted by Crippen LogP contribution is -2.21. The van der Waals surface area contributed by atoms with E-state index >= 15 is 0 Å². The van der Waals surface area contributed by atoms with Gasteiger partial charge in [-0.1, -0.05) is 22.0 Å². The summed E-state index contributed by atoms with van der Waals surface area (Å²) in [5.74, 6) is -2.84. The number of rotatable bonds is 4. The summed E-state index contributed by atoms with van der Waals surface area (Å²) in [5, 5.41) is 10.3. The largest absolute Gasteiger partial charge is 0.388 e. The van der Waals surface area contributed by atoms with E-state index in [0.717, 1.165) is 18.2 Å². The molecule has 6 heteroatoms. The van der Waals surface area contributed by atoms with E-state index in [4.69, 9.17) is 5.73 Å². The Morgan fingerprint density at radius 2 is 1.76 bits per heavy atom. The number of halogens is 4. The molecule has 112 valence electrons. The first-order valence-electron chi connectivity index (χ1n) is 6.21. The Bertz CT molecular complexity index is 631. The Morgan fingerprint density at radius 1 is 1.05 bits per heavy atom. The molecule has 0 saturated heterocycles. The summed E-state index contributed by atoms with van der Waals surface area (Å²) in [6.45, 7) is -0.0716. The minimum Gasteiger partial charge on any atom is -0.388 e. The van der Waals surface area contributed by atoms with Crippen molar-refractivity contribution in [2.24, 2.45) is 5.73 Å². The SMILES string of the molecule is NCC(c1ccc(F)cc1F)C(O)c1cc(F)cc(Br)c1. The van der Waals surface area contributed by atoms with Crippen LogP contribution in [0.25, 0.3) is 0 Å². The molecule has 3 N–H and O–H groups in total. The fraction of sp³-hybridized carbons (Fsp3) is 0.200. The van der Waals surface area contributed by atoms with E-state index in [9.17, 15) is 18.3 Å². The van der Waals surface area contributed by atoms with E-state index in [0.29, 0.717) is 4.47 Å². The van der Waals surface area contributed by atoms with E-state index in [1.54, 1.807) is 0 Å². The highest BCUT2D eigenvalue weighted by Gasteiger charge is 2.25. The van der Waals surface area contributed by atoms with Gasteiger partial charge in [0.25, 0.3) is 0 Å². The molecular weight excluding hydrogens is 347 g/mol. The number of benzene rings is 2. The summed E-state index contributed by atoms with van der Waals surface area (Å²) in [5.41, 5.74) is 5.95. The Labute approximate surface area is 128 Å². The van der Waals surface area contributed by atoms with E-state index in [2.05, 4.69) is 15.9 Å². The first kappa shape index (κ1) is 16.0. The molecule has 0 aliphatic rings. The van der Waals surface area contributed by atoms with Crippen LogP contribution in [-0.2, 0) is 0 Å². The molecule has 2 rings (SSSR count). The lowest BCUT2D eigenvalue weighted by atomic mass is 9.89. The second-order valence-corrected chi connectivity index (χ2v) is 5.57. The summed E-state index contributed by atoms with van der Waals surface area (Å²) in [6, 6.07) is 6.98. The van der Waals surface area contributed by atoms with Gasteiger partial charge in [-0.3, -0.25) is 0 Å². The number of nitrogens with two attached hydrogens (primary N) is 1. The van der Waals surface area contributed by atoms with Crippen LogP contribution in [0.5, 0.6) is 0 Å². The molecule has 21 heavy (non-hydrogen) atoms. The van der Waals surface area contributed by atoms with Crippen LogP contribution in [0.4, 0.5) is 13.2 Å². The molecule has 0 aliphatic carbocycles. The van der Waals surface area contributed by atoms with Crippen LogP contribution in [0.1, 0.15) is 23.1 Å². The quantitative estimate of drug-likeness (QED) is 0.875. The molecule has 0 bridgehead atoms. The van der Waals surface area contributed by atoms with Crippen molar-refractivity contribution >= 4 is 15.9 Å². The van der Waals surface area contributed by atoms with Crippen LogP contribution in [0.15, 0.2) is 40.9 Å². The topological polar surface area (TPSA) is 46.2 Å². The molecule has 0 amide bonds. The average molecular weight is 360 g/mol. The summed E-state index contributed by atoms with van der Waals surface area (Å²) in [6.07, 6.45) is -1.21. The second-order valence-electron chi connectivity index (χ2n) is 4.66. The summed E-state index contributed by atoms with van der Waals surface area (Å²) < 4.78 is 40.6. The van der Waals surface area contributed by atoms with Crippen molar-refractivity contribution in [3.05, 3.63) is 69.4 Å². The van der Waals surface area contributed by atoms with Crippen molar-refractivity contribution < 1.29 is 18.3 Å². The zero-order valence-corrected chi connectivity index (χ0v) is 12.4. The molecule has 0 spiro atoms. The van der Waals surface area contributed by atoms with Crippen molar-refractivity contribution in [3.63, 3.8) is 0 Å². The third-order valence-corrected chi connectivity index (χ3v) is 3.68. The maximum Gasteiger partial charge on any atom is 0.129 e. The standard InChI is InChI=1S/C15H13BrF3NO/c16-9-3-8(4-11(18)5-9)15(21)13(7-20)12-2-1-10(17)6-14(12)19/h1-6,13,15,21H,7,20H2. The molecule has 2 aromatic carbocycles. The van der Waals surface area contributed by atoms with Crippen LogP contribution in [0, 0.1) is 17.5 Å². The first-order chi connectivity index (χ1) is 9.92. The molecule has 0 aromatic heterocycles. The maximum atomic E-state index is 13.8. The highest BCUT2D eigenvalue weighted by atomic mass is 79.9. The second kappa shape index (κ2) is 6.60. The molecule has 0 saturated carbocycles. The number of aliphatic hydroxyl groups excluding tert-OH is 1. The van der Waals surface area contributed by atoms with Gasteiger partial charge < -0.3 is 10.8 Å². The lowest BCUT2D eigenvalue weighted by Gasteiger charge is -2.23. The van der Waals surface area contributed by atoms with Crippen LogP contribution >= 0.6 is 15.9 Å². The van der Waals surface area contributed by atoms with Gasteiger partial charge in [-0.15, -0.1) is 0 Å². The van der Waals surface area contributed by atoms with Crippen molar-refractivity contribution in [2.45, 2.75) is 12.0 Å². The molecule has 2 unspecified atom stereocenters. The predicted octanol–water partition coefficient (Wildman–Crippen LogP) is 3.64. The van der Waals surface area contributed by atoms with Gasteiger partial charge in [-0.05, 0) is 35.4 Å². The summed E-state index contributed by atoms with van der Waals surface area (Å²) in [4.78, 5) is 0. The number of hydrogen-bond acceptors (Lipinski definition) is 2. The molecule has 0 radical (unpaired) electrons. The van der Waals surface area contributed by atoms with Gasteiger partial charge in [-0.2, -0.15) is 0 Å². The van der Waals surface area contributed by atoms with Crippen molar-refractivity contribution in [3.8, 4) is 0 Å². The van der Waals surface area contributed by atoms with Crippen molar-refractivity contribution in [1.29, 1.82) is 0 Å². The van der Waals surface area contributed by atoms with Gasteiger partial charge in [0.05, 0.1) is 6.10 Å². The molecule has 2 aromatic rings. The van der Waals surface area contributed by atoms with E-state index in [1.165, 1.54) is 18.2 Å². The van der Waals surface area contributed by atoms with Crippen LogP contribution in [0.3, 0.4) is 0 Å². The predicted molar refractivity (Wildman–Crippen MR) is 77.2 cm³/mol. The van der Waals surface area contributed by atoms with Crippen LogP contribution in [0.2, 0.25) is 0 Å². The Hall–Kier alpha value is -1.37. The van der Waals surface area contributed by atoms with E-state index < -0.39 is 29.5 Å². The normalized spacial score (nSPS) is 14.0. The zero-order valence-electron chi connectivity index (χ0n) is 10.9. The lowest BCUT2D eigenvalue weighted by molar-refractivity contribution is 0.145. The van der Waals surface area contributed by atoms with Gasteiger partial charge in [-0.25, -0.2) is 13.2 Å². The maximum absolute atomic E-state index is 13.8. The van der Waals surface area contributed by atoms with E-state index in [1.807, 2.05) is 0 Å². The Balaban J connectivity index is 2.40. The fourth-order valence-electron chi connectivity index (χ4n) is 2.21. The van der Waals surface area contributed by atoms with Crippen LogP contribution in [-0.4, -0.2) is 11.7 Å². The molecule has 0 heterocycles. The van der Waals surface area contributed by atoms with Gasteiger partial charge >= 0.3 is 0 Å². The zero-order chi connectivity index (χ0) is 15.6. The van der Waals surface area contributed by atoms with Crippen molar-refractivity contribution in [1.82, 2.24) is 0 Å². The third-order valence-electron chi connectivity index (χ3n) is 3.22. The molecule has 2 atom stereocenters. The van der Waals surface area contributed by atoms with Gasteiger partial charge in [0.15, 0.2) is 0 Å². The molecule has 2 nitrogen and oxygen atoms in total. The Kier molecular flexibility index (Phi) is 5.03. The van der Waals surface area contributed by atoms with Gasteiger partial charge in [0, 0.05) is 23.0 Å². The minimum atomic E-state index is -1.21. The smallest absolute Gasteiger partial charge is 0.129 e. The first-order valence-corrected chi connectivity index (χ1v) is 7.00. The highest BCUT2D eigenvalue weighted by molar-refractivity contribution is 9.10.